The van der Waals surface area contributed by atoms with Gasteiger partial charge in [-0.2, -0.15) is 0 Å². The van der Waals surface area contributed by atoms with Gasteiger partial charge >= 0.3 is 5.97 Å². The molecule has 0 spiro atoms. The second kappa shape index (κ2) is 5.43. The van der Waals surface area contributed by atoms with E-state index >= 15 is 0 Å². The third-order valence-corrected chi connectivity index (χ3v) is 2.85. The number of nitrogens with zero attached hydrogens (tertiary/aromatic N) is 2. The van der Waals surface area contributed by atoms with Crippen molar-refractivity contribution < 1.29 is 19.2 Å². The Morgan fingerprint density at radius 1 is 1.45 bits per heavy atom. The number of nitro benzene ring substituents is 1. The van der Waals surface area contributed by atoms with Crippen LogP contribution < -0.4 is 4.90 Å². The zero-order valence-electron chi connectivity index (χ0n) is 10.6. The number of carboxylic acids is 1. The lowest BCUT2D eigenvalue weighted by atomic mass is 10.1. The van der Waals surface area contributed by atoms with Crippen molar-refractivity contribution in [3.8, 4) is 0 Å². The van der Waals surface area contributed by atoms with Crippen LogP contribution in [0.25, 0.3) is 0 Å². The molecule has 0 radical (unpaired) electrons. The van der Waals surface area contributed by atoms with E-state index in [4.69, 9.17) is 9.52 Å². The van der Waals surface area contributed by atoms with Gasteiger partial charge in [0.2, 0.25) is 0 Å². The van der Waals surface area contributed by atoms with E-state index < -0.39 is 16.6 Å². The zero-order chi connectivity index (χ0) is 14.7. The molecule has 1 N–H and O–H groups in total. The Hall–Kier alpha value is -2.83. The van der Waals surface area contributed by atoms with Crippen LogP contribution in [0.15, 0.2) is 41.2 Å². The minimum Gasteiger partial charge on any atom is -0.477 e. The predicted octanol–water partition coefficient (Wildman–Crippen LogP) is 2.52. The number of hydrogen-bond donors (Lipinski definition) is 1. The summed E-state index contributed by atoms with van der Waals surface area (Å²) in [6, 6.07) is 5.82. The van der Waals surface area contributed by atoms with Crippen LogP contribution in [-0.2, 0) is 6.54 Å². The summed E-state index contributed by atoms with van der Waals surface area (Å²) in [5, 5.41) is 19.8. The van der Waals surface area contributed by atoms with Crippen LogP contribution in [0.5, 0.6) is 0 Å². The first kappa shape index (κ1) is 13.6. The zero-order valence-corrected chi connectivity index (χ0v) is 10.6. The Labute approximate surface area is 114 Å². The van der Waals surface area contributed by atoms with E-state index in [0.717, 1.165) is 5.56 Å². The van der Waals surface area contributed by atoms with Gasteiger partial charge in [0.25, 0.3) is 5.69 Å². The molecule has 1 aromatic heterocycles. The summed E-state index contributed by atoms with van der Waals surface area (Å²) in [5.74, 6) is -1.32. The predicted molar refractivity (Wildman–Crippen MR) is 70.9 cm³/mol. The van der Waals surface area contributed by atoms with Crippen LogP contribution >= 0.6 is 0 Å². The van der Waals surface area contributed by atoms with Gasteiger partial charge in [0.05, 0.1) is 17.4 Å². The van der Waals surface area contributed by atoms with Crippen LogP contribution in [0.4, 0.5) is 11.4 Å². The van der Waals surface area contributed by atoms with Gasteiger partial charge in [0, 0.05) is 30.9 Å². The summed E-state index contributed by atoms with van der Waals surface area (Å²) in [7, 11) is 1.76. The highest BCUT2D eigenvalue weighted by atomic mass is 16.6. The van der Waals surface area contributed by atoms with Crippen LogP contribution in [0, 0.1) is 10.1 Å². The third kappa shape index (κ3) is 2.77. The van der Waals surface area contributed by atoms with Crippen LogP contribution in [0.2, 0.25) is 0 Å². The Morgan fingerprint density at radius 2 is 2.20 bits per heavy atom. The molecule has 0 fully saturated rings. The second-order valence-electron chi connectivity index (χ2n) is 4.25. The molecule has 1 aromatic carbocycles. The number of rotatable bonds is 5. The molecule has 0 unspecified atom stereocenters. The van der Waals surface area contributed by atoms with E-state index in [0.29, 0.717) is 12.2 Å². The molecule has 0 saturated heterocycles. The van der Waals surface area contributed by atoms with E-state index in [1.165, 1.54) is 18.2 Å². The van der Waals surface area contributed by atoms with E-state index in [-0.39, 0.29) is 5.56 Å². The Bertz CT molecular complexity index is 636. The molecule has 104 valence electrons. The van der Waals surface area contributed by atoms with Gasteiger partial charge in [0.1, 0.15) is 5.56 Å². The second-order valence-corrected chi connectivity index (χ2v) is 4.25. The highest BCUT2D eigenvalue weighted by molar-refractivity contribution is 5.93. The molecule has 0 aliphatic carbocycles. The average Bonchev–Trinajstić information content (AvgIpc) is 2.90. The van der Waals surface area contributed by atoms with Crippen molar-refractivity contribution in [2.24, 2.45) is 0 Å². The number of hydrogen-bond acceptors (Lipinski definition) is 5. The molecular weight excluding hydrogens is 264 g/mol. The molecule has 0 aliphatic rings. The van der Waals surface area contributed by atoms with Crippen LogP contribution in [0.3, 0.4) is 0 Å². The molecule has 0 aliphatic heterocycles. The first-order chi connectivity index (χ1) is 9.49. The van der Waals surface area contributed by atoms with Crippen molar-refractivity contribution in [3.05, 3.63) is 58.0 Å². The Balaban J connectivity index is 2.31. The van der Waals surface area contributed by atoms with Crippen molar-refractivity contribution >= 4 is 17.3 Å². The summed E-state index contributed by atoms with van der Waals surface area (Å²) >= 11 is 0. The summed E-state index contributed by atoms with van der Waals surface area (Å²) in [6.07, 6.45) is 3.12. The molecule has 0 atom stereocenters. The number of aromatic carboxylic acids is 1. The molecule has 0 amide bonds. The lowest BCUT2D eigenvalue weighted by molar-refractivity contribution is -0.385. The van der Waals surface area contributed by atoms with Crippen molar-refractivity contribution in [2.75, 3.05) is 11.9 Å². The number of carbonyl (C=O) groups is 1. The molecular formula is C13H12N2O5. The van der Waals surface area contributed by atoms with E-state index in [9.17, 15) is 14.9 Å². The molecule has 0 bridgehead atoms. The van der Waals surface area contributed by atoms with Gasteiger partial charge < -0.3 is 14.4 Å². The summed E-state index contributed by atoms with van der Waals surface area (Å²) in [6.45, 7) is 0.500. The maximum atomic E-state index is 10.9. The lowest BCUT2D eigenvalue weighted by Crippen LogP contribution is -2.16. The quantitative estimate of drug-likeness (QED) is 0.665. The number of nitro groups is 1. The van der Waals surface area contributed by atoms with E-state index in [2.05, 4.69) is 0 Å². The fourth-order valence-corrected chi connectivity index (χ4v) is 1.84. The van der Waals surface area contributed by atoms with Gasteiger partial charge in [-0.25, -0.2) is 4.79 Å². The van der Waals surface area contributed by atoms with E-state index in [1.807, 2.05) is 0 Å². The van der Waals surface area contributed by atoms with E-state index in [1.54, 1.807) is 30.5 Å². The third-order valence-electron chi connectivity index (χ3n) is 2.85. The molecule has 1 heterocycles. The summed E-state index contributed by atoms with van der Waals surface area (Å²) < 4.78 is 4.95. The minimum absolute atomic E-state index is 0.324. The van der Waals surface area contributed by atoms with Gasteiger partial charge in [-0.15, -0.1) is 0 Å². The van der Waals surface area contributed by atoms with Crippen molar-refractivity contribution in [2.45, 2.75) is 6.54 Å². The standard InChI is InChI=1S/C13H12N2O5/c1-14(7-9-4-5-20-8-9)10-2-3-11(13(16)17)12(6-10)15(18)19/h2-6,8H,7H2,1H3,(H,16,17). The number of anilines is 1. The highest BCUT2D eigenvalue weighted by Gasteiger charge is 2.21. The largest absolute Gasteiger partial charge is 0.477 e. The summed E-state index contributed by atoms with van der Waals surface area (Å²) in [5.41, 5.74) is 0.727. The van der Waals surface area contributed by atoms with Crippen molar-refractivity contribution in [3.63, 3.8) is 0 Å². The smallest absolute Gasteiger partial charge is 0.342 e. The maximum absolute atomic E-state index is 10.9. The SMILES string of the molecule is CN(Cc1ccoc1)c1ccc(C(=O)O)c([N+](=O)[O-])c1. The first-order valence-electron chi connectivity index (χ1n) is 5.73. The fourth-order valence-electron chi connectivity index (χ4n) is 1.84. The lowest BCUT2D eigenvalue weighted by Gasteiger charge is -2.18. The molecule has 20 heavy (non-hydrogen) atoms. The number of benzene rings is 1. The number of carboxylic acid groups (broad SMARTS) is 1. The fraction of sp³-hybridized carbons (Fsp3) is 0.154. The molecule has 2 aromatic rings. The number of furan rings is 1. The van der Waals surface area contributed by atoms with Gasteiger partial charge in [-0.3, -0.25) is 10.1 Å². The minimum atomic E-state index is -1.32. The van der Waals surface area contributed by atoms with Gasteiger partial charge in [-0.1, -0.05) is 0 Å². The molecule has 7 nitrogen and oxygen atoms in total. The summed E-state index contributed by atoms with van der Waals surface area (Å²) in [4.78, 5) is 22.9. The van der Waals surface area contributed by atoms with Crippen molar-refractivity contribution in [1.29, 1.82) is 0 Å². The normalized spacial score (nSPS) is 10.2. The first-order valence-corrected chi connectivity index (χ1v) is 5.73. The topological polar surface area (TPSA) is 96.8 Å². The van der Waals surface area contributed by atoms with Crippen LogP contribution in [-0.4, -0.2) is 23.0 Å². The van der Waals surface area contributed by atoms with Gasteiger partial charge in [-0.05, 0) is 18.2 Å². The maximum Gasteiger partial charge on any atom is 0.342 e. The molecule has 0 saturated carbocycles. The highest BCUT2D eigenvalue weighted by Crippen LogP contribution is 2.26. The molecule has 2 rings (SSSR count). The average molecular weight is 276 g/mol. The monoisotopic (exact) mass is 276 g/mol. The Morgan fingerprint density at radius 3 is 2.75 bits per heavy atom. The molecule has 7 heteroatoms. The van der Waals surface area contributed by atoms with Crippen LogP contribution in [0.1, 0.15) is 15.9 Å². The van der Waals surface area contributed by atoms with Crippen molar-refractivity contribution in [1.82, 2.24) is 0 Å². The Kier molecular flexibility index (Phi) is 3.69. The van der Waals surface area contributed by atoms with Gasteiger partial charge in [0.15, 0.2) is 0 Å².